The fourth-order valence-corrected chi connectivity index (χ4v) is 6.31. The number of aromatic nitrogens is 1. The van der Waals surface area contributed by atoms with Gasteiger partial charge in [0.15, 0.2) is 16.3 Å². The molecule has 5 rings (SSSR count). The number of carbonyl (C=O) groups is 1. The molecule has 212 valence electrons. The van der Waals surface area contributed by atoms with Gasteiger partial charge in [-0.05, 0) is 76.5 Å². The first kappa shape index (κ1) is 28.9. The number of anilines is 1. The third kappa shape index (κ3) is 5.75. The second kappa shape index (κ2) is 12.5. The summed E-state index contributed by atoms with van der Waals surface area (Å²) in [5.74, 6) is 3.63. The number of nitrogens with zero attached hydrogens (tertiary/aromatic N) is 2. The fraction of sp³-hybridized carbons (Fsp3) is 0.156. The number of hydrogen-bond acceptors (Lipinski definition) is 7. The predicted molar refractivity (Wildman–Crippen MR) is 167 cm³/mol. The van der Waals surface area contributed by atoms with Crippen molar-refractivity contribution in [3.05, 3.63) is 113 Å². The molecule has 0 aliphatic carbocycles. The van der Waals surface area contributed by atoms with E-state index in [0.29, 0.717) is 59.1 Å². The lowest BCUT2D eigenvalue weighted by Crippen LogP contribution is -2.40. The van der Waals surface area contributed by atoms with E-state index in [1.54, 1.807) is 42.9 Å². The summed E-state index contributed by atoms with van der Waals surface area (Å²) in [6.45, 7) is 1.86. The van der Waals surface area contributed by atoms with Crippen molar-refractivity contribution in [2.45, 2.75) is 13.0 Å². The number of methoxy groups -OCH3 is 2. The van der Waals surface area contributed by atoms with E-state index in [4.69, 9.17) is 25.6 Å². The number of carbonyl (C=O) groups excluding carboxylic acids is 1. The van der Waals surface area contributed by atoms with E-state index in [1.165, 1.54) is 18.4 Å². The third-order valence-electron chi connectivity index (χ3n) is 6.56. The SMILES string of the molecule is C#CCOc1c(Br)cc(/C=c2\sc3n(c2=O)[C@@H](c2cccc(OC)c2)C(C(=O)Nc2ccccc2)=C(C)N=3)cc1OC. The van der Waals surface area contributed by atoms with Gasteiger partial charge in [0.05, 0.1) is 40.5 Å². The first-order valence-electron chi connectivity index (χ1n) is 12.8. The van der Waals surface area contributed by atoms with Gasteiger partial charge in [-0.3, -0.25) is 14.2 Å². The summed E-state index contributed by atoms with van der Waals surface area (Å²) >= 11 is 4.76. The minimum Gasteiger partial charge on any atom is -0.497 e. The van der Waals surface area contributed by atoms with Crippen molar-refractivity contribution in [1.82, 2.24) is 4.57 Å². The van der Waals surface area contributed by atoms with Gasteiger partial charge in [0, 0.05) is 5.69 Å². The van der Waals surface area contributed by atoms with Crippen molar-refractivity contribution in [3.63, 3.8) is 0 Å². The van der Waals surface area contributed by atoms with E-state index >= 15 is 0 Å². The lowest BCUT2D eigenvalue weighted by Gasteiger charge is -2.25. The number of benzene rings is 3. The molecule has 0 bridgehead atoms. The zero-order valence-corrected chi connectivity index (χ0v) is 25.4. The van der Waals surface area contributed by atoms with Crippen molar-refractivity contribution in [2.75, 3.05) is 26.1 Å². The van der Waals surface area contributed by atoms with Crippen LogP contribution in [-0.2, 0) is 4.79 Å². The molecule has 3 aromatic carbocycles. The van der Waals surface area contributed by atoms with Gasteiger partial charge >= 0.3 is 0 Å². The number of allylic oxidation sites excluding steroid dienone is 1. The Morgan fingerprint density at radius 2 is 1.93 bits per heavy atom. The van der Waals surface area contributed by atoms with Gasteiger partial charge in [0.2, 0.25) is 0 Å². The topological polar surface area (TPSA) is 91.2 Å². The second-order valence-electron chi connectivity index (χ2n) is 9.21. The summed E-state index contributed by atoms with van der Waals surface area (Å²) in [7, 11) is 3.10. The summed E-state index contributed by atoms with van der Waals surface area (Å²) in [6, 6.07) is 19.3. The number of amides is 1. The van der Waals surface area contributed by atoms with Gasteiger partial charge in [-0.1, -0.05) is 47.6 Å². The summed E-state index contributed by atoms with van der Waals surface area (Å²) < 4.78 is 19.2. The maximum absolute atomic E-state index is 14.0. The number of nitrogens with one attached hydrogen (secondary N) is 1. The number of rotatable bonds is 8. The molecule has 8 nitrogen and oxygen atoms in total. The Kier molecular flexibility index (Phi) is 8.61. The lowest BCUT2D eigenvalue weighted by molar-refractivity contribution is -0.113. The fourth-order valence-electron chi connectivity index (χ4n) is 4.69. The van der Waals surface area contributed by atoms with Crippen molar-refractivity contribution in [2.24, 2.45) is 4.99 Å². The summed E-state index contributed by atoms with van der Waals surface area (Å²) in [4.78, 5) is 33.0. The molecule has 0 saturated heterocycles. The number of ether oxygens (including phenoxy) is 3. The molecular weight excluding hydrogens is 618 g/mol. The Balaban J connectivity index is 1.66. The van der Waals surface area contributed by atoms with E-state index in [0.717, 1.165) is 0 Å². The van der Waals surface area contributed by atoms with Crippen LogP contribution in [-0.4, -0.2) is 31.3 Å². The van der Waals surface area contributed by atoms with Crippen LogP contribution in [0.15, 0.2) is 92.3 Å². The van der Waals surface area contributed by atoms with Gasteiger partial charge in [-0.2, -0.15) is 0 Å². The van der Waals surface area contributed by atoms with Crippen LogP contribution in [0.25, 0.3) is 6.08 Å². The number of thiazole rings is 1. The zero-order valence-electron chi connectivity index (χ0n) is 23.0. The third-order valence-corrected chi connectivity index (χ3v) is 8.13. The molecule has 1 amide bonds. The number of hydrogen-bond donors (Lipinski definition) is 1. The highest BCUT2D eigenvalue weighted by Gasteiger charge is 2.32. The van der Waals surface area contributed by atoms with E-state index in [1.807, 2.05) is 48.5 Å². The normalized spacial score (nSPS) is 14.5. The first-order chi connectivity index (χ1) is 20.3. The van der Waals surface area contributed by atoms with Crippen LogP contribution in [0.4, 0.5) is 5.69 Å². The Bertz CT molecular complexity index is 1920. The molecule has 10 heteroatoms. The molecule has 2 heterocycles. The maximum atomic E-state index is 14.0. The van der Waals surface area contributed by atoms with E-state index in [-0.39, 0.29) is 18.1 Å². The van der Waals surface area contributed by atoms with Crippen LogP contribution in [0.5, 0.6) is 17.2 Å². The van der Waals surface area contributed by atoms with Crippen LogP contribution >= 0.6 is 27.3 Å². The predicted octanol–water partition coefficient (Wildman–Crippen LogP) is 4.67. The van der Waals surface area contributed by atoms with Crippen LogP contribution in [0, 0.1) is 12.3 Å². The molecule has 0 saturated carbocycles. The van der Waals surface area contributed by atoms with Crippen molar-refractivity contribution in [3.8, 4) is 29.6 Å². The van der Waals surface area contributed by atoms with Crippen LogP contribution in [0.1, 0.15) is 24.1 Å². The van der Waals surface area contributed by atoms with Crippen LogP contribution in [0.2, 0.25) is 0 Å². The van der Waals surface area contributed by atoms with E-state index in [2.05, 4.69) is 27.2 Å². The Morgan fingerprint density at radius 1 is 1.14 bits per heavy atom. The number of fused-ring (bicyclic) bond motifs is 1. The molecule has 1 N–H and O–H groups in total. The van der Waals surface area contributed by atoms with Gasteiger partial charge in [0.25, 0.3) is 11.5 Å². The second-order valence-corrected chi connectivity index (χ2v) is 11.1. The highest BCUT2D eigenvalue weighted by molar-refractivity contribution is 9.10. The molecule has 1 aromatic heterocycles. The van der Waals surface area contributed by atoms with Gasteiger partial charge in [0.1, 0.15) is 12.4 Å². The lowest BCUT2D eigenvalue weighted by atomic mass is 9.95. The number of para-hydroxylation sites is 1. The van der Waals surface area contributed by atoms with Gasteiger partial charge in [-0.15, -0.1) is 6.42 Å². The summed E-state index contributed by atoms with van der Waals surface area (Å²) in [5.41, 5.74) is 2.65. The molecule has 0 fully saturated rings. The average molecular weight is 645 g/mol. The molecule has 1 aliphatic heterocycles. The van der Waals surface area contributed by atoms with Crippen molar-refractivity contribution >= 4 is 44.9 Å². The summed E-state index contributed by atoms with van der Waals surface area (Å²) in [5, 5.41) is 2.95. The van der Waals surface area contributed by atoms with E-state index in [9.17, 15) is 9.59 Å². The highest BCUT2D eigenvalue weighted by Crippen LogP contribution is 2.37. The van der Waals surface area contributed by atoms with Crippen molar-refractivity contribution < 1.29 is 19.0 Å². The Labute approximate surface area is 254 Å². The monoisotopic (exact) mass is 643 g/mol. The average Bonchev–Trinajstić information content (AvgIpc) is 3.29. The molecule has 0 unspecified atom stereocenters. The molecule has 42 heavy (non-hydrogen) atoms. The summed E-state index contributed by atoms with van der Waals surface area (Å²) in [6.07, 6.45) is 7.10. The van der Waals surface area contributed by atoms with E-state index < -0.39 is 6.04 Å². The Hall–Kier alpha value is -4.59. The minimum absolute atomic E-state index is 0.0801. The van der Waals surface area contributed by atoms with Gasteiger partial charge < -0.3 is 19.5 Å². The molecule has 1 aliphatic rings. The van der Waals surface area contributed by atoms with Gasteiger partial charge in [-0.25, -0.2) is 4.99 Å². The molecule has 1 atom stereocenters. The highest BCUT2D eigenvalue weighted by atomic mass is 79.9. The molecule has 0 spiro atoms. The van der Waals surface area contributed by atoms with Crippen LogP contribution < -0.4 is 34.4 Å². The molecule has 4 aromatic rings. The number of terminal acetylenes is 1. The molecule has 0 radical (unpaired) electrons. The number of halogens is 1. The zero-order chi connectivity index (χ0) is 29.8. The smallest absolute Gasteiger partial charge is 0.271 e. The minimum atomic E-state index is -0.733. The molecular formula is C32H26BrN3O5S. The quantitative estimate of drug-likeness (QED) is 0.282. The largest absolute Gasteiger partial charge is 0.497 e. The van der Waals surface area contributed by atoms with Crippen molar-refractivity contribution in [1.29, 1.82) is 0 Å². The first-order valence-corrected chi connectivity index (χ1v) is 14.4. The Morgan fingerprint density at radius 3 is 2.64 bits per heavy atom. The maximum Gasteiger partial charge on any atom is 0.271 e. The standard InChI is InChI=1S/C32H26BrN3O5S/c1-5-14-41-29-24(33)15-20(16-25(29)40-4)17-26-31(38)36-28(21-10-9-13-23(18-21)39-3)27(19(2)34-32(36)42-26)30(37)35-22-11-7-6-8-12-22/h1,6-13,15-18,28H,14H2,2-4H3,(H,35,37)/b26-17-/t28-/m0/s1. The van der Waals surface area contributed by atoms with Crippen LogP contribution in [0.3, 0.4) is 0 Å².